The van der Waals surface area contributed by atoms with Crippen molar-refractivity contribution in [3.05, 3.63) is 28.8 Å². The lowest BCUT2D eigenvalue weighted by molar-refractivity contribution is 0.0697. The van der Waals surface area contributed by atoms with Crippen LogP contribution in [0.3, 0.4) is 0 Å². The fourth-order valence-corrected chi connectivity index (χ4v) is 2.46. The molecule has 21 heavy (non-hydrogen) atoms. The van der Waals surface area contributed by atoms with Crippen LogP contribution in [0.5, 0.6) is 0 Å². The molecule has 1 aliphatic rings. The predicted octanol–water partition coefficient (Wildman–Crippen LogP) is 3.74. The molecule has 1 aliphatic carbocycles. The molecule has 1 aromatic rings. The smallest absolute Gasteiger partial charge is 0.335 e. The molecule has 1 fully saturated rings. The number of benzene rings is 1. The Balaban J connectivity index is 1.96. The molecule has 114 valence electrons. The zero-order valence-corrected chi connectivity index (χ0v) is 12.6. The van der Waals surface area contributed by atoms with Gasteiger partial charge in [0.05, 0.1) is 5.56 Å². The molecule has 6 heteroatoms. The standard InChI is InChI=1S/C15H19ClN2O3/c1-2-12(5-9-3-4-9)17-15(21)18-13-7-10(14(19)20)6-11(16)8-13/h6-9,12H,2-5H2,1H3,(H,19,20)(H2,17,18,21). The largest absolute Gasteiger partial charge is 0.478 e. The Labute approximate surface area is 128 Å². The first kappa shape index (κ1) is 15.6. The topological polar surface area (TPSA) is 78.4 Å². The van der Waals surface area contributed by atoms with Crippen LogP contribution in [-0.2, 0) is 0 Å². The molecule has 0 bridgehead atoms. The second-order valence-corrected chi connectivity index (χ2v) is 5.85. The first-order valence-electron chi connectivity index (χ1n) is 7.09. The summed E-state index contributed by atoms with van der Waals surface area (Å²) < 4.78 is 0. The third-order valence-corrected chi connectivity index (χ3v) is 3.76. The minimum absolute atomic E-state index is 0.0443. The summed E-state index contributed by atoms with van der Waals surface area (Å²) in [5, 5.41) is 14.8. The number of halogens is 1. The van der Waals surface area contributed by atoms with Crippen LogP contribution in [0.25, 0.3) is 0 Å². The van der Waals surface area contributed by atoms with E-state index in [0.29, 0.717) is 5.69 Å². The van der Waals surface area contributed by atoms with Crippen molar-refractivity contribution in [1.82, 2.24) is 5.32 Å². The number of aromatic carboxylic acids is 1. The Bertz CT molecular complexity index is 544. The van der Waals surface area contributed by atoms with Gasteiger partial charge in [-0.3, -0.25) is 0 Å². The van der Waals surface area contributed by atoms with Crippen molar-refractivity contribution in [2.75, 3.05) is 5.32 Å². The second-order valence-electron chi connectivity index (χ2n) is 5.42. The van der Waals surface area contributed by atoms with Crippen LogP contribution in [0.1, 0.15) is 43.0 Å². The van der Waals surface area contributed by atoms with Gasteiger partial charge in [-0.15, -0.1) is 0 Å². The number of nitrogens with one attached hydrogen (secondary N) is 2. The lowest BCUT2D eigenvalue weighted by atomic mass is 10.1. The van der Waals surface area contributed by atoms with E-state index in [2.05, 4.69) is 10.6 Å². The Hall–Kier alpha value is -1.75. The fourth-order valence-electron chi connectivity index (χ4n) is 2.22. The number of urea groups is 1. The molecule has 2 amide bonds. The van der Waals surface area contributed by atoms with Gasteiger partial charge in [-0.1, -0.05) is 31.4 Å². The third kappa shape index (κ3) is 4.93. The predicted molar refractivity (Wildman–Crippen MR) is 82.0 cm³/mol. The summed E-state index contributed by atoms with van der Waals surface area (Å²) in [6.07, 6.45) is 4.37. The van der Waals surface area contributed by atoms with E-state index in [4.69, 9.17) is 16.7 Å². The van der Waals surface area contributed by atoms with Crippen molar-refractivity contribution in [3.63, 3.8) is 0 Å². The summed E-state index contributed by atoms with van der Waals surface area (Å²) in [5.41, 5.74) is 0.418. The van der Waals surface area contributed by atoms with Crippen molar-refractivity contribution >= 4 is 29.3 Å². The average molecular weight is 311 g/mol. The Morgan fingerprint density at radius 2 is 2.10 bits per heavy atom. The van der Waals surface area contributed by atoms with Gasteiger partial charge in [0.25, 0.3) is 0 Å². The number of carboxylic acids is 1. The highest BCUT2D eigenvalue weighted by Crippen LogP contribution is 2.34. The second kappa shape index (κ2) is 6.80. The van der Waals surface area contributed by atoms with Gasteiger partial charge in [0.2, 0.25) is 0 Å². The fraction of sp³-hybridized carbons (Fsp3) is 0.467. The zero-order chi connectivity index (χ0) is 15.4. The minimum atomic E-state index is -1.08. The molecule has 0 aromatic heterocycles. The zero-order valence-electron chi connectivity index (χ0n) is 11.9. The van der Waals surface area contributed by atoms with E-state index in [1.807, 2.05) is 6.92 Å². The van der Waals surface area contributed by atoms with E-state index < -0.39 is 5.97 Å². The minimum Gasteiger partial charge on any atom is -0.478 e. The van der Waals surface area contributed by atoms with Gasteiger partial charge in [-0.25, -0.2) is 9.59 Å². The van der Waals surface area contributed by atoms with Crippen LogP contribution < -0.4 is 10.6 Å². The highest BCUT2D eigenvalue weighted by Gasteiger charge is 2.25. The molecule has 5 nitrogen and oxygen atoms in total. The normalized spacial score (nSPS) is 15.3. The molecular weight excluding hydrogens is 292 g/mol. The molecule has 0 heterocycles. The molecule has 2 rings (SSSR count). The van der Waals surface area contributed by atoms with Gasteiger partial charge >= 0.3 is 12.0 Å². The lowest BCUT2D eigenvalue weighted by Gasteiger charge is -2.17. The first-order valence-corrected chi connectivity index (χ1v) is 7.47. The number of carboxylic acid groups (broad SMARTS) is 1. The molecule has 1 unspecified atom stereocenters. The van der Waals surface area contributed by atoms with Crippen LogP contribution in [0.15, 0.2) is 18.2 Å². The maximum Gasteiger partial charge on any atom is 0.335 e. The molecule has 1 aromatic carbocycles. The van der Waals surface area contributed by atoms with E-state index in [-0.39, 0.29) is 22.7 Å². The number of hydrogen-bond donors (Lipinski definition) is 3. The summed E-state index contributed by atoms with van der Waals surface area (Å²) in [5.74, 6) is -0.346. The highest BCUT2D eigenvalue weighted by atomic mass is 35.5. The van der Waals surface area contributed by atoms with Gasteiger partial charge in [0, 0.05) is 16.8 Å². The lowest BCUT2D eigenvalue weighted by Crippen LogP contribution is -2.37. The van der Waals surface area contributed by atoms with Crippen molar-refractivity contribution in [2.45, 2.75) is 38.6 Å². The quantitative estimate of drug-likeness (QED) is 0.749. The number of anilines is 1. The van der Waals surface area contributed by atoms with Crippen molar-refractivity contribution in [2.24, 2.45) is 5.92 Å². The van der Waals surface area contributed by atoms with E-state index in [0.717, 1.165) is 18.8 Å². The number of carbonyl (C=O) groups is 2. The van der Waals surface area contributed by atoms with E-state index in [1.54, 1.807) is 0 Å². The van der Waals surface area contributed by atoms with Crippen LogP contribution >= 0.6 is 11.6 Å². The molecule has 1 saturated carbocycles. The van der Waals surface area contributed by atoms with Crippen LogP contribution in [0, 0.1) is 5.92 Å². The molecule has 0 radical (unpaired) electrons. The van der Waals surface area contributed by atoms with Crippen LogP contribution in [-0.4, -0.2) is 23.1 Å². The van der Waals surface area contributed by atoms with Crippen molar-refractivity contribution in [3.8, 4) is 0 Å². The monoisotopic (exact) mass is 310 g/mol. The number of carbonyl (C=O) groups excluding carboxylic acids is 1. The maximum atomic E-state index is 12.0. The van der Waals surface area contributed by atoms with Crippen molar-refractivity contribution < 1.29 is 14.7 Å². The van der Waals surface area contributed by atoms with Crippen LogP contribution in [0.4, 0.5) is 10.5 Å². The molecule has 0 saturated heterocycles. The number of amides is 2. The average Bonchev–Trinajstić information content (AvgIpc) is 3.21. The van der Waals surface area contributed by atoms with Gasteiger partial charge in [-0.05, 0) is 37.0 Å². The van der Waals surface area contributed by atoms with E-state index in [9.17, 15) is 9.59 Å². The third-order valence-electron chi connectivity index (χ3n) is 3.55. The Morgan fingerprint density at radius 1 is 1.38 bits per heavy atom. The van der Waals surface area contributed by atoms with Gasteiger partial charge in [0.15, 0.2) is 0 Å². The summed E-state index contributed by atoms with van der Waals surface area (Å²) in [4.78, 5) is 22.9. The van der Waals surface area contributed by atoms with Gasteiger partial charge < -0.3 is 15.7 Å². The van der Waals surface area contributed by atoms with Gasteiger partial charge in [0.1, 0.15) is 0 Å². The number of hydrogen-bond acceptors (Lipinski definition) is 2. The van der Waals surface area contributed by atoms with Crippen molar-refractivity contribution in [1.29, 1.82) is 0 Å². The van der Waals surface area contributed by atoms with E-state index >= 15 is 0 Å². The molecule has 0 spiro atoms. The molecule has 3 N–H and O–H groups in total. The maximum absolute atomic E-state index is 12.0. The summed E-state index contributed by atoms with van der Waals surface area (Å²) in [6.45, 7) is 2.04. The highest BCUT2D eigenvalue weighted by molar-refractivity contribution is 6.31. The first-order chi connectivity index (χ1) is 9.97. The van der Waals surface area contributed by atoms with E-state index in [1.165, 1.54) is 31.0 Å². The summed E-state index contributed by atoms with van der Waals surface area (Å²) >= 11 is 5.85. The summed E-state index contributed by atoms with van der Waals surface area (Å²) in [6, 6.07) is 4.07. The molecule has 0 aliphatic heterocycles. The molecule has 1 atom stereocenters. The van der Waals surface area contributed by atoms with Gasteiger partial charge in [-0.2, -0.15) is 0 Å². The summed E-state index contributed by atoms with van der Waals surface area (Å²) in [7, 11) is 0. The SMILES string of the molecule is CCC(CC1CC1)NC(=O)Nc1cc(Cl)cc(C(=O)O)c1. The number of rotatable bonds is 6. The Morgan fingerprint density at radius 3 is 2.67 bits per heavy atom. The van der Waals surface area contributed by atoms with Crippen LogP contribution in [0.2, 0.25) is 5.02 Å². The Kier molecular flexibility index (Phi) is 5.07. The molecular formula is C15H19ClN2O3.